The van der Waals surface area contributed by atoms with Crippen molar-refractivity contribution < 1.29 is 4.52 Å². The Balaban J connectivity index is 2.43. The lowest BCUT2D eigenvalue weighted by atomic mass is 10.3. The molecule has 2 aromatic heterocycles. The fourth-order valence-corrected chi connectivity index (χ4v) is 1.22. The van der Waals surface area contributed by atoms with E-state index in [0.29, 0.717) is 4.60 Å². The van der Waals surface area contributed by atoms with Crippen LogP contribution in [0.15, 0.2) is 27.6 Å². The van der Waals surface area contributed by atoms with E-state index in [2.05, 4.69) is 26.2 Å². The van der Waals surface area contributed by atoms with Gasteiger partial charge in [0.2, 0.25) is 0 Å². The first kappa shape index (κ1) is 7.54. The minimum absolute atomic E-state index is 0.696. The van der Waals surface area contributed by atoms with E-state index in [-0.39, 0.29) is 0 Å². The molecule has 0 spiro atoms. The molecule has 0 N–H and O–H groups in total. The molecule has 0 aliphatic rings. The van der Waals surface area contributed by atoms with Gasteiger partial charge in [0.05, 0.1) is 11.8 Å². The summed E-state index contributed by atoms with van der Waals surface area (Å²) in [4.78, 5) is 0. The Morgan fingerprint density at radius 3 is 2.92 bits per heavy atom. The van der Waals surface area contributed by atoms with E-state index in [1.54, 1.807) is 16.9 Å². The van der Waals surface area contributed by atoms with Crippen LogP contribution >= 0.6 is 15.9 Å². The summed E-state index contributed by atoms with van der Waals surface area (Å²) in [5.41, 5.74) is 0.927. The fraction of sp³-hybridized carbons (Fsp3) is 0.143. The second-order valence-electron chi connectivity index (χ2n) is 2.42. The molecule has 12 heavy (non-hydrogen) atoms. The number of nitrogens with zero attached hydrogens (tertiary/aromatic N) is 3. The SMILES string of the molecule is Cn1cc(-c2cc(Br)no2)cn1. The predicted molar refractivity (Wildman–Crippen MR) is 46.4 cm³/mol. The molecule has 4 nitrogen and oxygen atoms in total. The maximum Gasteiger partial charge on any atom is 0.171 e. The highest BCUT2D eigenvalue weighted by atomic mass is 79.9. The summed E-state index contributed by atoms with van der Waals surface area (Å²) < 4.78 is 7.42. The largest absolute Gasteiger partial charge is 0.355 e. The van der Waals surface area contributed by atoms with Crippen molar-refractivity contribution >= 4 is 15.9 Å². The van der Waals surface area contributed by atoms with Gasteiger partial charge in [0, 0.05) is 19.3 Å². The van der Waals surface area contributed by atoms with Crippen LogP contribution in [0.2, 0.25) is 0 Å². The highest BCUT2D eigenvalue weighted by molar-refractivity contribution is 9.10. The van der Waals surface area contributed by atoms with Crippen molar-refractivity contribution in [1.82, 2.24) is 14.9 Å². The van der Waals surface area contributed by atoms with Gasteiger partial charge < -0.3 is 4.52 Å². The van der Waals surface area contributed by atoms with Gasteiger partial charge in [-0.25, -0.2) is 0 Å². The molecule has 5 heteroatoms. The molecule has 0 fully saturated rings. The second-order valence-corrected chi connectivity index (χ2v) is 3.23. The molecule has 0 radical (unpaired) electrons. The molecule has 0 unspecified atom stereocenters. The van der Waals surface area contributed by atoms with Crippen molar-refractivity contribution in [3.63, 3.8) is 0 Å². The molecular weight excluding hydrogens is 222 g/mol. The number of hydrogen-bond donors (Lipinski definition) is 0. The Labute approximate surface area is 77.3 Å². The zero-order chi connectivity index (χ0) is 8.55. The van der Waals surface area contributed by atoms with Gasteiger partial charge in [-0.15, -0.1) is 0 Å². The number of hydrogen-bond acceptors (Lipinski definition) is 3. The molecule has 0 aromatic carbocycles. The van der Waals surface area contributed by atoms with Crippen molar-refractivity contribution in [3.05, 3.63) is 23.1 Å². The molecule has 0 saturated carbocycles. The van der Waals surface area contributed by atoms with Gasteiger partial charge in [-0.1, -0.05) is 5.16 Å². The standard InChI is InChI=1S/C7H6BrN3O/c1-11-4-5(3-9-11)6-2-7(8)10-12-6/h2-4H,1H3. The maximum absolute atomic E-state index is 5.01. The third-order valence-electron chi connectivity index (χ3n) is 1.47. The van der Waals surface area contributed by atoms with Gasteiger partial charge >= 0.3 is 0 Å². The van der Waals surface area contributed by atoms with Gasteiger partial charge in [0.15, 0.2) is 5.76 Å². The first-order valence-corrected chi connectivity index (χ1v) is 4.16. The van der Waals surface area contributed by atoms with Gasteiger partial charge in [0.1, 0.15) is 4.60 Å². The predicted octanol–water partition coefficient (Wildman–Crippen LogP) is 1.84. The Morgan fingerprint density at radius 2 is 2.42 bits per heavy atom. The lowest BCUT2D eigenvalue weighted by molar-refractivity contribution is 0.428. The zero-order valence-corrected chi connectivity index (χ0v) is 7.95. The average molecular weight is 228 g/mol. The van der Waals surface area contributed by atoms with E-state index in [0.717, 1.165) is 11.3 Å². The van der Waals surface area contributed by atoms with Crippen LogP contribution in [0, 0.1) is 0 Å². The third kappa shape index (κ3) is 1.27. The van der Waals surface area contributed by atoms with Gasteiger partial charge in [-0.3, -0.25) is 4.68 Å². The smallest absolute Gasteiger partial charge is 0.171 e. The zero-order valence-electron chi connectivity index (χ0n) is 6.36. The highest BCUT2D eigenvalue weighted by Crippen LogP contribution is 2.21. The average Bonchev–Trinajstić information content (AvgIpc) is 2.58. The van der Waals surface area contributed by atoms with E-state index in [4.69, 9.17) is 4.52 Å². The van der Waals surface area contributed by atoms with Crippen LogP contribution in [0.3, 0.4) is 0 Å². The molecular formula is C7H6BrN3O. The minimum atomic E-state index is 0.696. The Morgan fingerprint density at radius 1 is 1.58 bits per heavy atom. The van der Waals surface area contributed by atoms with Crippen LogP contribution in [0.4, 0.5) is 0 Å². The van der Waals surface area contributed by atoms with Crippen LogP contribution in [-0.2, 0) is 7.05 Å². The summed E-state index contributed by atoms with van der Waals surface area (Å²) in [5, 5.41) is 7.72. The maximum atomic E-state index is 5.01. The molecule has 62 valence electrons. The summed E-state index contributed by atoms with van der Waals surface area (Å²) in [6, 6.07) is 1.80. The number of rotatable bonds is 1. The van der Waals surface area contributed by atoms with Crippen LogP contribution < -0.4 is 0 Å². The van der Waals surface area contributed by atoms with Crippen molar-refractivity contribution in [3.8, 4) is 11.3 Å². The topological polar surface area (TPSA) is 43.9 Å². The lowest BCUT2D eigenvalue weighted by Crippen LogP contribution is -1.83. The summed E-state index contributed by atoms with van der Waals surface area (Å²) in [5.74, 6) is 0.718. The van der Waals surface area contributed by atoms with E-state index >= 15 is 0 Å². The molecule has 0 atom stereocenters. The first-order valence-electron chi connectivity index (χ1n) is 3.37. The summed E-state index contributed by atoms with van der Waals surface area (Å²) >= 11 is 3.20. The molecule has 2 aromatic rings. The van der Waals surface area contributed by atoms with Crippen molar-refractivity contribution in [1.29, 1.82) is 0 Å². The molecule has 0 aliphatic heterocycles. The van der Waals surface area contributed by atoms with Gasteiger partial charge in [-0.2, -0.15) is 5.10 Å². The minimum Gasteiger partial charge on any atom is -0.355 e. The van der Waals surface area contributed by atoms with Gasteiger partial charge in [0.25, 0.3) is 0 Å². The summed E-state index contributed by atoms with van der Waals surface area (Å²) in [7, 11) is 1.86. The monoisotopic (exact) mass is 227 g/mol. The molecule has 2 rings (SSSR count). The number of halogens is 1. The summed E-state index contributed by atoms with van der Waals surface area (Å²) in [6.07, 6.45) is 3.60. The van der Waals surface area contributed by atoms with E-state index in [1.165, 1.54) is 0 Å². The lowest BCUT2D eigenvalue weighted by Gasteiger charge is -1.83. The normalized spacial score (nSPS) is 10.5. The molecule has 0 saturated heterocycles. The Bertz CT molecular complexity index is 355. The van der Waals surface area contributed by atoms with E-state index in [1.807, 2.05) is 13.2 Å². The van der Waals surface area contributed by atoms with Crippen LogP contribution in [-0.4, -0.2) is 14.9 Å². The van der Waals surface area contributed by atoms with E-state index in [9.17, 15) is 0 Å². The van der Waals surface area contributed by atoms with Gasteiger partial charge in [-0.05, 0) is 15.9 Å². The highest BCUT2D eigenvalue weighted by Gasteiger charge is 2.05. The Kier molecular flexibility index (Phi) is 1.73. The van der Waals surface area contributed by atoms with Crippen molar-refractivity contribution in [2.24, 2.45) is 7.05 Å². The quantitative estimate of drug-likeness (QED) is 0.747. The molecule has 0 bridgehead atoms. The molecule has 0 amide bonds. The first-order chi connectivity index (χ1) is 5.75. The van der Waals surface area contributed by atoms with Crippen LogP contribution in [0.5, 0.6) is 0 Å². The fourth-order valence-electron chi connectivity index (χ4n) is 0.938. The second kappa shape index (κ2) is 2.75. The number of aromatic nitrogens is 3. The summed E-state index contributed by atoms with van der Waals surface area (Å²) in [6.45, 7) is 0. The Hall–Kier alpha value is -1.10. The molecule has 2 heterocycles. The van der Waals surface area contributed by atoms with Crippen LogP contribution in [0.25, 0.3) is 11.3 Å². The third-order valence-corrected chi connectivity index (χ3v) is 1.84. The molecule has 0 aliphatic carbocycles. The van der Waals surface area contributed by atoms with Crippen LogP contribution in [0.1, 0.15) is 0 Å². The number of aryl methyl sites for hydroxylation is 1. The van der Waals surface area contributed by atoms with Crippen molar-refractivity contribution in [2.75, 3.05) is 0 Å². The van der Waals surface area contributed by atoms with E-state index < -0.39 is 0 Å². The van der Waals surface area contributed by atoms with Crippen molar-refractivity contribution in [2.45, 2.75) is 0 Å².